The molecule has 0 bridgehead atoms. The smallest absolute Gasteiger partial charge is 0.233 e. The van der Waals surface area contributed by atoms with Crippen molar-refractivity contribution in [2.24, 2.45) is 0 Å². The molecule has 0 saturated carbocycles. The van der Waals surface area contributed by atoms with E-state index in [0.29, 0.717) is 11.9 Å². The third-order valence-corrected chi connectivity index (χ3v) is 4.95. The fraction of sp³-hybridized carbons (Fsp3) is 0.500. The lowest BCUT2D eigenvalue weighted by Crippen LogP contribution is -2.36. The van der Waals surface area contributed by atoms with Gasteiger partial charge < -0.3 is 9.84 Å². The maximum atomic E-state index is 10.6. The number of nitrogens with zero attached hydrogens (tertiary/aromatic N) is 3. The first-order valence-electron chi connectivity index (χ1n) is 9.10. The van der Waals surface area contributed by atoms with Crippen molar-refractivity contribution in [1.29, 1.82) is 0 Å². The predicted molar refractivity (Wildman–Crippen MR) is 97.3 cm³/mol. The van der Waals surface area contributed by atoms with Gasteiger partial charge in [-0.1, -0.05) is 43.2 Å². The van der Waals surface area contributed by atoms with Crippen molar-refractivity contribution in [3.8, 4) is 5.88 Å². The van der Waals surface area contributed by atoms with Gasteiger partial charge in [0.25, 0.3) is 0 Å². The van der Waals surface area contributed by atoms with Crippen LogP contribution >= 0.6 is 0 Å². The molecule has 5 heteroatoms. The van der Waals surface area contributed by atoms with Crippen LogP contribution in [-0.2, 0) is 6.54 Å². The van der Waals surface area contributed by atoms with Crippen molar-refractivity contribution in [2.75, 3.05) is 13.7 Å². The molecule has 1 N–H and O–H groups in total. The quantitative estimate of drug-likeness (QED) is 0.873. The third-order valence-electron chi connectivity index (χ3n) is 4.95. The summed E-state index contributed by atoms with van der Waals surface area (Å²) in [7, 11) is 1.60. The van der Waals surface area contributed by atoms with Crippen molar-refractivity contribution in [3.05, 3.63) is 53.7 Å². The SMILES string of the molecule is COc1ccc(CN2CCCCC[C@@H]2C[C@@H](O)c2ccccc2)nn1. The van der Waals surface area contributed by atoms with Crippen LogP contribution in [0.2, 0.25) is 0 Å². The highest BCUT2D eigenvalue weighted by molar-refractivity contribution is 5.17. The van der Waals surface area contributed by atoms with Gasteiger partial charge in [0.15, 0.2) is 0 Å². The zero-order chi connectivity index (χ0) is 17.5. The van der Waals surface area contributed by atoms with Crippen molar-refractivity contribution < 1.29 is 9.84 Å². The summed E-state index contributed by atoms with van der Waals surface area (Å²) >= 11 is 0. The highest BCUT2D eigenvalue weighted by Crippen LogP contribution is 2.27. The Balaban J connectivity index is 1.68. The average Bonchev–Trinajstić information content (AvgIpc) is 2.88. The standard InChI is InChI=1S/C20H27N3O2/c1-25-20-12-11-17(21-22-20)15-23-13-7-3-6-10-18(23)14-19(24)16-8-4-2-5-9-16/h2,4-5,8-9,11-12,18-19,24H,3,6-7,10,13-15H2,1H3/t18-,19-/m1/s1. The largest absolute Gasteiger partial charge is 0.480 e. The first-order valence-corrected chi connectivity index (χ1v) is 9.10. The van der Waals surface area contributed by atoms with E-state index in [4.69, 9.17) is 4.74 Å². The first kappa shape index (κ1) is 17.8. The molecule has 1 aromatic carbocycles. The number of methoxy groups -OCH3 is 1. The summed E-state index contributed by atoms with van der Waals surface area (Å²) in [6, 6.07) is 14.1. The molecule has 0 aliphatic carbocycles. The number of aliphatic hydroxyl groups is 1. The third kappa shape index (κ3) is 5.00. The van der Waals surface area contributed by atoms with E-state index < -0.39 is 6.10 Å². The zero-order valence-corrected chi connectivity index (χ0v) is 14.8. The Hall–Kier alpha value is -1.98. The molecule has 2 aromatic rings. The van der Waals surface area contributed by atoms with E-state index in [1.165, 1.54) is 19.3 Å². The van der Waals surface area contributed by atoms with Crippen molar-refractivity contribution >= 4 is 0 Å². The van der Waals surface area contributed by atoms with Crippen LogP contribution < -0.4 is 4.74 Å². The first-order chi connectivity index (χ1) is 12.3. The van der Waals surface area contributed by atoms with Gasteiger partial charge in [0, 0.05) is 18.7 Å². The molecule has 1 aliphatic heterocycles. The Morgan fingerprint density at radius 3 is 2.68 bits per heavy atom. The number of aliphatic hydroxyl groups excluding tert-OH is 1. The molecule has 0 unspecified atom stereocenters. The molecular weight excluding hydrogens is 314 g/mol. The normalized spacial score (nSPS) is 20.0. The maximum absolute atomic E-state index is 10.6. The summed E-state index contributed by atoms with van der Waals surface area (Å²) < 4.78 is 5.08. The molecule has 0 amide bonds. The lowest BCUT2D eigenvalue weighted by Gasteiger charge is -2.31. The van der Waals surface area contributed by atoms with Crippen LogP contribution in [0.15, 0.2) is 42.5 Å². The maximum Gasteiger partial charge on any atom is 0.233 e. The van der Waals surface area contributed by atoms with E-state index in [1.54, 1.807) is 7.11 Å². The van der Waals surface area contributed by atoms with Gasteiger partial charge in [-0.2, -0.15) is 5.10 Å². The summed E-state index contributed by atoms with van der Waals surface area (Å²) in [6.07, 6.45) is 5.12. The summed E-state index contributed by atoms with van der Waals surface area (Å²) in [5, 5.41) is 19.0. The molecule has 3 rings (SSSR count). The van der Waals surface area contributed by atoms with Gasteiger partial charge in [-0.05, 0) is 37.4 Å². The van der Waals surface area contributed by atoms with Gasteiger partial charge in [0.1, 0.15) is 0 Å². The Bertz CT molecular complexity index is 633. The van der Waals surface area contributed by atoms with Gasteiger partial charge in [-0.15, -0.1) is 5.10 Å². The number of hydrogen-bond acceptors (Lipinski definition) is 5. The van der Waals surface area contributed by atoms with Gasteiger partial charge in [0.2, 0.25) is 5.88 Å². The lowest BCUT2D eigenvalue weighted by atomic mass is 9.98. The predicted octanol–water partition coefficient (Wildman–Crippen LogP) is 3.35. The molecule has 1 aromatic heterocycles. The number of benzene rings is 1. The topological polar surface area (TPSA) is 58.5 Å². The van der Waals surface area contributed by atoms with Gasteiger partial charge in [0.05, 0.1) is 18.9 Å². The molecule has 134 valence electrons. The van der Waals surface area contributed by atoms with Crippen LogP contribution in [0, 0.1) is 0 Å². The average molecular weight is 341 g/mol. The van der Waals surface area contributed by atoms with Gasteiger partial charge >= 0.3 is 0 Å². The summed E-state index contributed by atoms with van der Waals surface area (Å²) in [6.45, 7) is 1.81. The second-order valence-corrected chi connectivity index (χ2v) is 6.70. The fourth-order valence-electron chi connectivity index (χ4n) is 3.53. The summed E-state index contributed by atoms with van der Waals surface area (Å²) in [4.78, 5) is 2.45. The van der Waals surface area contributed by atoms with Crippen molar-refractivity contribution in [2.45, 2.75) is 50.8 Å². The van der Waals surface area contributed by atoms with Crippen LogP contribution in [0.3, 0.4) is 0 Å². The van der Waals surface area contributed by atoms with Crippen LogP contribution in [0.25, 0.3) is 0 Å². The monoisotopic (exact) mass is 341 g/mol. The van der Waals surface area contributed by atoms with Crippen molar-refractivity contribution in [1.82, 2.24) is 15.1 Å². The molecule has 2 atom stereocenters. The number of hydrogen-bond donors (Lipinski definition) is 1. The van der Waals surface area contributed by atoms with E-state index >= 15 is 0 Å². The van der Waals surface area contributed by atoms with Gasteiger partial charge in [-0.25, -0.2) is 0 Å². The molecule has 0 radical (unpaired) electrons. The highest BCUT2D eigenvalue weighted by atomic mass is 16.5. The van der Waals surface area contributed by atoms with Crippen molar-refractivity contribution in [3.63, 3.8) is 0 Å². The molecule has 1 saturated heterocycles. The molecule has 0 spiro atoms. The van der Waals surface area contributed by atoms with Crippen LogP contribution in [0.5, 0.6) is 5.88 Å². The summed E-state index contributed by atoms with van der Waals surface area (Å²) in [5.74, 6) is 0.538. The minimum absolute atomic E-state index is 0.363. The fourth-order valence-corrected chi connectivity index (χ4v) is 3.53. The Kier molecular flexibility index (Phi) is 6.36. The molecule has 2 heterocycles. The molecule has 1 fully saturated rings. The second-order valence-electron chi connectivity index (χ2n) is 6.70. The van der Waals surface area contributed by atoms with Crippen LogP contribution in [0.4, 0.5) is 0 Å². The zero-order valence-electron chi connectivity index (χ0n) is 14.8. The molecule has 1 aliphatic rings. The number of likely N-dealkylation sites (tertiary alicyclic amines) is 1. The Morgan fingerprint density at radius 1 is 1.12 bits per heavy atom. The van der Waals surface area contributed by atoms with Crippen LogP contribution in [-0.4, -0.2) is 39.9 Å². The highest BCUT2D eigenvalue weighted by Gasteiger charge is 2.24. The van der Waals surface area contributed by atoms with E-state index in [-0.39, 0.29) is 0 Å². The van der Waals surface area contributed by atoms with Crippen LogP contribution in [0.1, 0.15) is 49.5 Å². The van der Waals surface area contributed by atoms with E-state index in [1.807, 2.05) is 42.5 Å². The Morgan fingerprint density at radius 2 is 1.96 bits per heavy atom. The Labute approximate surface area is 149 Å². The van der Waals surface area contributed by atoms with E-state index in [2.05, 4.69) is 15.1 Å². The molecule has 5 nitrogen and oxygen atoms in total. The number of rotatable bonds is 6. The summed E-state index contributed by atoms with van der Waals surface area (Å²) in [5.41, 5.74) is 1.94. The van der Waals surface area contributed by atoms with E-state index in [0.717, 1.165) is 37.2 Å². The minimum atomic E-state index is -0.422. The number of ether oxygens (including phenoxy) is 1. The molecular formula is C20H27N3O2. The second kappa shape index (κ2) is 8.92. The lowest BCUT2D eigenvalue weighted by molar-refractivity contribution is 0.0966. The van der Waals surface area contributed by atoms with E-state index in [9.17, 15) is 5.11 Å². The number of aromatic nitrogens is 2. The molecule has 25 heavy (non-hydrogen) atoms. The minimum Gasteiger partial charge on any atom is -0.480 e. The van der Waals surface area contributed by atoms with Gasteiger partial charge in [-0.3, -0.25) is 4.90 Å².